The fourth-order valence-corrected chi connectivity index (χ4v) is 1.50. The maximum Gasteiger partial charge on any atom is 0.360 e. The second kappa shape index (κ2) is 3.82. The molecule has 0 aliphatic rings. The standard InChI is InChI=1S/C11H11N3O3/c1-6-10(15)9(11(16)17)13-14(6)8-4-2-7(12)3-5-8/h2-5,15H,12H2,1H3,(H,16,17). The van der Waals surface area contributed by atoms with Gasteiger partial charge in [-0.15, -0.1) is 0 Å². The number of rotatable bonds is 2. The fourth-order valence-electron chi connectivity index (χ4n) is 1.50. The van der Waals surface area contributed by atoms with Gasteiger partial charge < -0.3 is 15.9 Å². The highest BCUT2D eigenvalue weighted by atomic mass is 16.4. The van der Waals surface area contributed by atoms with Crippen LogP contribution in [0.5, 0.6) is 5.75 Å². The molecule has 2 aromatic rings. The minimum atomic E-state index is -1.26. The zero-order valence-corrected chi connectivity index (χ0v) is 9.08. The lowest BCUT2D eigenvalue weighted by Crippen LogP contribution is -2.02. The molecule has 0 amide bonds. The number of hydrogen-bond donors (Lipinski definition) is 3. The Morgan fingerprint density at radius 1 is 1.35 bits per heavy atom. The van der Waals surface area contributed by atoms with Crippen LogP contribution in [0.15, 0.2) is 24.3 Å². The van der Waals surface area contributed by atoms with Crippen molar-refractivity contribution in [3.05, 3.63) is 35.7 Å². The van der Waals surface area contributed by atoms with Crippen LogP contribution < -0.4 is 5.73 Å². The molecule has 0 aliphatic heterocycles. The number of carboxylic acids is 1. The van der Waals surface area contributed by atoms with Crippen LogP contribution in [0, 0.1) is 6.92 Å². The predicted molar refractivity (Wildman–Crippen MR) is 61.3 cm³/mol. The smallest absolute Gasteiger partial charge is 0.360 e. The summed E-state index contributed by atoms with van der Waals surface area (Å²) in [5.41, 5.74) is 6.80. The van der Waals surface area contributed by atoms with E-state index in [1.54, 1.807) is 31.2 Å². The monoisotopic (exact) mass is 233 g/mol. The molecule has 0 aliphatic carbocycles. The highest BCUT2D eigenvalue weighted by molar-refractivity contribution is 5.88. The topological polar surface area (TPSA) is 101 Å². The number of nitrogen functional groups attached to an aromatic ring is 1. The molecule has 17 heavy (non-hydrogen) atoms. The maximum absolute atomic E-state index is 10.8. The van der Waals surface area contributed by atoms with Crippen molar-refractivity contribution < 1.29 is 15.0 Å². The highest BCUT2D eigenvalue weighted by Gasteiger charge is 2.19. The van der Waals surface area contributed by atoms with Gasteiger partial charge in [0.1, 0.15) is 0 Å². The van der Waals surface area contributed by atoms with Crippen LogP contribution in [-0.4, -0.2) is 26.0 Å². The van der Waals surface area contributed by atoms with Gasteiger partial charge in [0, 0.05) is 5.69 Å². The fraction of sp³-hybridized carbons (Fsp3) is 0.0909. The Hall–Kier alpha value is -2.50. The molecule has 6 nitrogen and oxygen atoms in total. The van der Waals surface area contributed by atoms with Crippen molar-refractivity contribution in [2.24, 2.45) is 0 Å². The molecule has 0 radical (unpaired) electrons. The number of anilines is 1. The molecule has 88 valence electrons. The van der Waals surface area contributed by atoms with E-state index in [-0.39, 0.29) is 11.4 Å². The number of aromatic nitrogens is 2. The van der Waals surface area contributed by atoms with Gasteiger partial charge in [0.2, 0.25) is 5.69 Å². The lowest BCUT2D eigenvalue weighted by atomic mass is 10.3. The molecule has 0 fully saturated rings. The molecule has 2 rings (SSSR count). The summed E-state index contributed by atoms with van der Waals surface area (Å²) in [6, 6.07) is 6.74. The minimum absolute atomic E-state index is 0.325. The SMILES string of the molecule is Cc1c(O)c(C(=O)O)nn1-c1ccc(N)cc1. The number of carboxylic acid groups (broad SMARTS) is 1. The Labute approximate surface area is 96.9 Å². The molecule has 0 spiro atoms. The van der Waals surface area contributed by atoms with E-state index in [0.717, 1.165) is 0 Å². The number of hydrogen-bond acceptors (Lipinski definition) is 4. The molecule has 0 saturated heterocycles. The minimum Gasteiger partial charge on any atom is -0.504 e. The Balaban J connectivity index is 2.56. The third-order valence-corrected chi connectivity index (χ3v) is 2.42. The second-order valence-corrected chi connectivity index (χ2v) is 3.59. The first-order chi connectivity index (χ1) is 8.00. The van der Waals surface area contributed by atoms with Gasteiger partial charge >= 0.3 is 5.97 Å². The molecule has 4 N–H and O–H groups in total. The molecule has 0 unspecified atom stereocenters. The van der Waals surface area contributed by atoms with Crippen molar-refractivity contribution >= 4 is 11.7 Å². The number of aromatic hydroxyl groups is 1. The number of benzene rings is 1. The molecule has 1 heterocycles. The molecule has 1 aromatic carbocycles. The lowest BCUT2D eigenvalue weighted by molar-refractivity contribution is 0.0687. The maximum atomic E-state index is 10.8. The first-order valence-corrected chi connectivity index (χ1v) is 4.88. The van der Waals surface area contributed by atoms with E-state index in [1.807, 2.05) is 0 Å². The predicted octanol–water partition coefficient (Wildman–Crippen LogP) is 1.17. The first-order valence-electron chi connectivity index (χ1n) is 4.88. The van der Waals surface area contributed by atoms with Gasteiger partial charge in [-0.3, -0.25) is 0 Å². The summed E-state index contributed by atoms with van der Waals surface area (Å²) in [4.78, 5) is 10.8. The van der Waals surface area contributed by atoms with Crippen LogP contribution in [0.1, 0.15) is 16.2 Å². The Bertz CT molecular complexity index is 572. The number of nitrogens with zero attached hydrogens (tertiary/aromatic N) is 2. The van der Waals surface area contributed by atoms with Crippen LogP contribution in [-0.2, 0) is 0 Å². The van der Waals surface area contributed by atoms with E-state index < -0.39 is 5.97 Å². The third kappa shape index (κ3) is 1.80. The molecule has 0 saturated carbocycles. The van der Waals surface area contributed by atoms with Crippen molar-refractivity contribution in [1.29, 1.82) is 0 Å². The summed E-state index contributed by atoms with van der Waals surface area (Å²) in [5.74, 6) is -1.59. The molecule has 0 bridgehead atoms. The average molecular weight is 233 g/mol. The van der Waals surface area contributed by atoms with Gasteiger partial charge in [0.25, 0.3) is 0 Å². The highest BCUT2D eigenvalue weighted by Crippen LogP contribution is 2.24. The van der Waals surface area contributed by atoms with Crippen LogP contribution in [0.3, 0.4) is 0 Å². The molecular formula is C11H11N3O3. The molecular weight excluding hydrogens is 222 g/mol. The Morgan fingerprint density at radius 2 is 1.94 bits per heavy atom. The summed E-state index contributed by atoms with van der Waals surface area (Å²) < 4.78 is 1.36. The normalized spacial score (nSPS) is 10.4. The molecule has 1 aromatic heterocycles. The van der Waals surface area contributed by atoms with E-state index >= 15 is 0 Å². The van der Waals surface area contributed by atoms with Crippen molar-refractivity contribution in [1.82, 2.24) is 9.78 Å². The van der Waals surface area contributed by atoms with Crippen molar-refractivity contribution in [3.63, 3.8) is 0 Å². The third-order valence-electron chi connectivity index (χ3n) is 2.42. The van der Waals surface area contributed by atoms with E-state index in [0.29, 0.717) is 17.1 Å². The largest absolute Gasteiger partial charge is 0.504 e. The van der Waals surface area contributed by atoms with Crippen molar-refractivity contribution in [2.75, 3.05) is 5.73 Å². The molecule has 0 atom stereocenters. The second-order valence-electron chi connectivity index (χ2n) is 3.59. The van der Waals surface area contributed by atoms with E-state index in [2.05, 4.69) is 5.10 Å². The number of nitrogens with two attached hydrogens (primary N) is 1. The Morgan fingerprint density at radius 3 is 2.41 bits per heavy atom. The summed E-state index contributed by atoms with van der Waals surface area (Å²) >= 11 is 0. The van der Waals surface area contributed by atoms with Crippen molar-refractivity contribution in [2.45, 2.75) is 6.92 Å². The van der Waals surface area contributed by atoms with Crippen LogP contribution in [0.25, 0.3) is 5.69 Å². The van der Waals surface area contributed by atoms with E-state index in [1.165, 1.54) is 4.68 Å². The Kier molecular flexibility index (Phi) is 2.47. The van der Waals surface area contributed by atoms with Crippen LogP contribution >= 0.6 is 0 Å². The molecule has 6 heteroatoms. The summed E-state index contributed by atoms with van der Waals surface area (Å²) in [7, 11) is 0. The zero-order chi connectivity index (χ0) is 12.6. The summed E-state index contributed by atoms with van der Waals surface area (Å²) in [5, 5.41) is 22.3. The average Bonchev–Trinajstić information content (AvgIpc) is 2.58. The van der Waals surface area contributed by atoms with Crippen LogP contribution in [0.2, 0.25) is 0 Å². The number of carbonyl (C=O) groups is 1. The lowest BCUT2D eigenvalue weighted by Gasteiger charge is -2.03. The number of aromatic carboxylic acids is 1. The van der Waals surface area contributed by atoms with Gasteiger partial charge in [-0.25, -0.2) is 9.48 Å². The quantitative estimate of drug-likeness (QED) is 0.676. The van der Waals surface area contributed by atoms with Gasteiger partial charge in [0.15, 0.2) is 5.75 Å². The van der Waals surface area contributed by atoms with Gasteiger partial charge in [-0.05, 0) is 31.2 Å². The van der Waals surface area contributed by atoms with Crippen LogP contribution in [0.4, 0.5) is 5.69 Å². The first kappa shape index (κ1) is 11.0. The van der Waals surface area contributed by atoms with E-state index in [9.17, 15) is 9.90 Å². The summed E-state index contributed by atoms with van der Waals surface area (Å²) in [6.07, 6.45) is 0. The van der Waals surface area contributed by atoms with Gasteiger partial charge in [-0.2, -0.15) is 5.10 Å². The van der Waals surface area contributed by atoms with Crippen molar-refractivity contribution in [3.8, 4) is 11.4 Å². The van der Waals surface area contributed by atoms with Gasteiger partial charge in [-0.1, -0.05) is 0 Å². The zero-order valence-electron chi connectivity index (χ0n) is 9.08. The summed E-state index contributed by atoms with van der Waals surface area (Å²) in [6.45, 7) is 1.59. The van der Waals surface area contributed by atoms with Gasteiger partial charge in [0.05, 0.1) is 11.4 Å². The van der Waals surface area contributed by atoms with E-state index in [4.69, 9.17) is 10.8 Å².